The Labute approximate surface area is 96.7 Å². The van der Waals surface area contributed by atoms with Crippen LogP contribution in [0.4, 0.5) is 5.69 Å². The van der Waals surface area contributed by atoms with E-state index in [0.29, 0.717) is 0 Å². The first-order valence-corrected chi connectivity index (χ1v) is 5.42. The maximum absolute atomic E-state index is 5.84. The van der Waals surface area contributed by atoms with Crippen molar-refractivity contribution in [3.05, 3.63) is 18.2 Å². The van der Waals surface area contributed by atoms with E-state index in [4.69, 9.17) is 15.2 Å². The predicted octanol–water partition coefficient (Wildman–Crippen LogP) is 1.85. The summed E-state index contributed by atoms with van der Waals surface area (Å²) < 4.78 is 10.4. The lowest BCUT2D eigenvalue weighted by atomic mass is 10.2. The minimum absolute atomic E-state index is 0.159. The highest BCUT2D eigenvalue weighted by Crippen LogP contribution is 2.28. The highest BCUT2D eigenvalue weighted by molar-refractivity contribution is 5.59. The molecule has 0 spiro atoms. The molecule has 0 amide bonds. The van der Waals surface area contributed by atoms with Crippen molar-refractivity contribution in [2.24, 2.45) is 5.73 Å². The molecule has 1 atom stereocenters. The lowest BCUT2D eigenvalue weighted by Crippen LogP contribution is -2.28. The molecule has 0 aliphatic carbocycles. The Morgan fingerprint density at radius 1 is 1.31 bits per heavy atom. The molecule has 0 heterocycles. The van der Waals surface area contributed by atoms with E-state index >= 15 is 0 Å². The maximum atomic E-state index is 5.84. The van der Waals surface area contributed by atoms with Gasteiger partial charge in [-0.25, -0.2) is 0 Å². The Kier molecular flexibility index (Phi) is 4.92. The van der Waals surface area contributed by atoms with E-state index in [1.54, 1.807) is 14.2 Å². The average molecular weight is 224 g/mol. The van der Waals surface area contributed by atoms with Gasteiger partial charge < -0.3 is 20.5 Å². The van der Waals surface area contributed by atoms with Gasteiger partial charge in [-0.05, 0) is 18.6 Å². The minimum Gasteiger partial charge on any atom is -0.497 e. The van der Waals surface area contributed by atoms with Crippen LogP contribution in [0.5, 0.6) is 11.5 Å². The monoisotopic (exact) mass is 224 g/mol. The molecule has 1 rings (SSSR count). The number of nitrogens with one attached hydrogen (secondary N) is 1. The molecule has 0 aromatic heterocycles. The van der Waals surface area contributed by atoms with Gasteiger partial charge in [-0.3, -0.25) is 0 Å². The lowest BCUT2D eigenvalue weighted by Gasteiger charge is -2.15. The van der Waals surface area contributed by atoms with Crippen molar-refractivity contribution in [2.75, 3.05) is 26.1 Å². The Bertz CT molecular complexity index is 329. The molecule has 0 radical (unpaired) electrons. The molecule has 0 bridgehead atoms. The smallest absolute Gasteiger partial charge is 0.145 e. The topological polar surface area (TPSA) is 56.5 Å². The summed E-state index contributed by atoms with van der Waals surface area (Å²) in [7, 11) is 3.27. The van der Waals surface area contributed by atoms with Crippen LogP contribution in [0.1, 0.15) is 13.3 Å². The fourth-order valence-corrected chi connectivity index (χ4v) is 1.33. The van der Waals surface area contributed by atoms with Crippen LogP contribution in [0.2, 0.25) is 0 Å². The summed E-state index contributed by atoms with van der Waals surface area (Å²) in [6.07, 6.45) is 0.950. The average Bonchev–Trinajstić information content (AvgIpc) is 2.35. The second kappa shape index (κ2) is 6.23. The van der Waals surface area contributed by atoms with Crippen molar-refractivity contribution in [3.8, 4) is 11.5 Å². The van der Waals surface area contributed by atoms with E-state index in [1.807, 2.05) is 18.2 Å². The molecule has 3 N–H and O–H groups in total. The van der Waals surface area contributed by atoms with Crippen LogP contribution in [-0.2, 0) is 0 Å². The van der Waals surface area contributed by atoms with Crippen LogP contribution in [0.3, 0.4) is 0 Å². The first-order valence-electron chi connectivity index (χ1n) is 5.42. The van der Waals surface area contributed by atoms with Gasteiger partial charge in [-0.1, -0.05) is 6.92 Å². The van der Waals surface area contributed by atoms with Crippen LogP contribution in [-0.4, -0.2) is 26.8 Å². The van der Waals surface area contributed by atoms with Gasteiger partial charge in [0.1, 0.15) is 11.5 Å². The quantitative estimate of drug-likeness (QED) is 0.774. The first-order chi connectivity index (χ1) is 7.71. The minimum atomic E-state index is 0.159. The van der Waals surface area contributed by atoms with Crippen molar-refractivity contribution in [1.82, 2.24) is 0 Å². The Morgan fingerprint density at radius 2 is 2.06 bits per heavy atom. The molecule has 0 aliphatic rings. The highest BCUT2D eigenvalue weighted by Gasteiger charge is 2.05. The summed E-state index contributed by atoms with van der Waals surface area (Å²) >= 11 is 0. The number of anilines is 1. The van der Waals surface area contributed by atoms with E-state index in [9.17, 15) is 0 Å². The molecule has 0 unspecified atom stereocenters. The largest absolute Gasteiger partial charge is 0.497 e. The third-order valence-electron chi connectivity index (χ3n) is 2.49. The van der Waals surface area contributed by atoms with Crippen molar-refractivity contribution in [1.29, 1.82) is 0 Å². The molecule has 0 aliphatic heterocycles. The van der Waals surface area contributed by atoms with Crippen LogP contribution in [0, 0.1) is 0 Å². The molecule has 0 saturated heterocycles. The fraction of sp³-hybridized carbons (Fsp3) is 0.500. The van der Waals surface area contributed by atoms with E-state index in [2.05, 4.69) is 12.2 Å². The molecule has 0 saturated carbocycles. The summed E-state index contributed by atoms with van der Waals surface area (Å²) in [4.78, 5) is 0. The van der Waals surface area contributed by atoms with Crippen molar-refractivity contribution in [3.63, 3.8) is 0 Å². The molecule has 4 heteroatoms. The lowest BCUT2D eigenvalue weighted by molar-refractivity contribution is 0.395. The number of hydrogen-bond acceptors (Lipinski definition) is 4. The number of ether oxygens (including phenoxy) is 2. The zero-order valence-electron chi connectivity index (χ0n) is 10.1. The van der Waals surface area contributed by atoms with Gasteiger partial charge in [0.25, 0.3) is 0 Å². The summed E-state index contributed by atoms with van der Waals surface area (Å²) in [5, 5.41) is 3.26. The summed E-state index contributed by atoms with van der Waals surface area (Å²) in [6, 6.07) is 5.83. The van der Waals surface area contributed by atoms with Crippen molar-refractivity contribution >= 4 is 5.69 Å². The Balaban J connectivity index is 2.71. The van der Waals surface area contributed by atoms with Gasteiger partial charge in [0, 0.05) is 18.7 Å². The van der Waals surface area contributed by atoms with Gasteiger partial charge in [-0.2, -0.15) is 0 Å². The first kappa shape index (κ1) is 12.6. The molecule has 4 nitrogen and oxygen atoms in total. The fourth-order valence-electron chi connectivity index (χ4n) is 1.33. The van der Waals surface area contributed by atoms with Gasteiger partial charge in [0.05, 0.1) is 19.9 Å². The van der Waals surface area contributed by atoms with Gasteiger partial charge in [-0.15, -0.1) is 0 Å². The zero-order valence-corrected chi connectivity index (χ0v) is 10.1. The number of rotatable bonds is 6. The van der Waals surface area contributed by atoms with Crippen molar-refractivity contribution in [2.45, 2.75) is 19.4 Å². The zero-order chi connectivity index (χ0) is 12.0. The summed E-state index contributed by atoms with van der Waals surface area (Å²) in [5.74, 6) is 1.55. The third-order valence-corrected chi connectivity index (χ3v) is 2.49. The van der Waals surface area contributed by atoms with E-state index in [1.165, 1.54) is 0 Å². The Hall–Kier alpha value is -1.42. The summed E-state index contributed by atoms with van der Waals surface area (Å²) in [5.41, 5.74) is 6.78. The van der Waals surface area contributed by atoms with Crippen molar-refractivity contribution < 1.29 is 9.47 Å². The number of benzene rings is 1. The summed E-state index contributed by atoms with van der Waals surface area (Å²) in [6.45, 7) is 2.80. The van der Waals surface area contributed by atoms with E-state index in [0.717, 1.165) is 30.2 Å². The number of methoxy groups -OCH3 is 2. The maximum Gasteiger partial charge on any atom is 0.145 e. The molecular weight excluding hydrogens is 204 g/mol. The van der Waals surface area contributed by atoms with Gasteiger partial charge in [0.2, 0.25) is 0 Å². The normalized spacial score (nSPS) is 12.0. The molecule has 16 heavy (non-hydrogen) atoms. The highest BCUT2D eigenvalue weighted by atomic mass is 16.5. The molecule has 1 aromatic rings. The molecule has 0 fully saturated rings. The van der Waals surface area contributed by atoms with Gasteiger partial charge in [0.15, 0.2) is 0 Å². The van der Waals surface area contributed by atoms with Crippen LogP contribution in [0.25, 0.3) is 0 Å². The predicted molar refractivity (Wildman–Crippen MR) is 66.3 cm³/mol. The van der Waals surface area contributed by atoms with E-state index < -0.39 is 0 Å². The van der Waals surface area contributed by atoms with Gasteiger partial charge >= 0.3 is 0 Å². The van der Waals surface area contributed by atoms with Crippen LogP contribution >= 0.6 is 0 Å². The number of nitrogens with two attached hydrogens (primary N) is 1. The second-order valence-electron chi connectivity index (χ2n) is 3.62. The number of hydrogen-bond donors (Lipinski definition) is 2. The molecular formula is C12H20N2O2. The van der Waals surface area contributed by atoms with Crippen LogP contribution < -0.4 is 20.5 Å². The standard InChI is InChI=1S/C12H20N2O2/c1-4-9(13)8-14-11-6-5-10(15-2)7-12(11)16-3/h5-7,9,14H,4,8,13H2,1-3H3/t9-/m0/s1. The van der Waals surface area contributed by atoms with E-state index in [-0.39, 0.29) is 6.04 Å². The Morgan fingerprint density at radius 3 is 2.62 bits per heavy atom. The third kappa shape index (κ3) is 3.31. The van der Waals surface area contributed by atoms with Crippen LogP contribution in [0.15, 0.2) is 18.2 Å². The molecule has 1 aromatic carbocycles. The SMILES string of the molecule is CC[C@H](N)CNc1ccc(OC)cc1OC. The molecule has 90 valence electrons. The second-order valence-corrected chi connectivity index (χ2v) is 3.62.